The van der Waals surface area contributed by atoms with Crippen molar-refractivity contribution in [1.82, 2.24) is 0 Å². The van der Waals surface area contributed by atoms with Crippen LogP contribution in [-0.2, 0) is 21.0 Å². The van der Waals surface area contributed by atoms with E-state index >= 15 is 0 Å². The third kappa shape index (κ3) is 5.33. The number of carboxylic acids is 1. The van der Waals surface area contributed by atoms with Gasteiger partial charge in [0.2, 0.25) is 0 Å². The van der Waals surface area contributed by atoms with E-state index in [1.807, 2.05) is 13.0 Å². The van der Waals surface area contributed by atoms with Gasteiger partial charge in [0.15, 0.2) is 0 Å². The number of fused-ring (bicyclic) bond motifs is 1. The molecule has 0 spiro atoms. The predicted octanol–water partition coefficient (Wildman–Crippen LogP) is 6.79. The third-order valence-corrected chi connectivity index (χ3v) is 8.74. The summed E-state index contributed by atoms with van der Waals surface area (Å²) in [5, 5.41) is 10.1. The third-order valence-electron chi connectivity index (χ3n) is 6.46. The zero-order valence-corrected chi connectivity index (χ0v) is 22.3. The monoisotopic (exact) mass is 567 g/mol. The van der Waals surface area contributed by atoms with Crippen molar-refractivity contribution in [3.8, 4) is 16.9 Å². The van der Waals surface area contributed by atoms with E-state index in [2.05, 4.69) is 0 Å². The number of aliphatic carboxylic acids is 1. The number of aryl methyl sites for hydroxylation is 1. The Morgan fingerprint density at radius 2 is 1.79 bits per heavy atom. The molecule has 38 heavy (non-hydrogen) atoms. The van der Waals surface area contributed by atoms with Crippen LogP contribution in [0.3, 0.4) is 0 Å². The number of benzene rings is 3. The van der Waals surface area contributed by atoms with Crippen molar-refractivity contribution in [2.45, 2.75) is 44.4 Å². The van der Waals surface area contributed by atoms with Crippen molar-refractivity contribution >= 4 is 33.3 Å². The van der Waals surface area contributed by atoms with Crippen LogP contribution in [0.25, 0.3) is 11.1 Å². The molecule has 0 bridgehead atoms. The van der Waals surface area contributed by atoms with Crippen LogP contribution in [-0.4, -0.2) is 32.1 Å². The Labute approximate surface area is 223 Å². The number of alkyl halides is 3. The molecule has 0 radical (unpaired) electrons. The zero-order chi connectivity index (χ0) is 28.0. The van der Waals surface area contributed by atoms with Crippen molar-refractivity contribution in [2.75, 3.05) is 10.8 Å². The maximum Gasteiger partial charge on any atom is 0.416 e. The Morgan fingerprint density at radius 3 is 2.45 bits per heavy atom. The number of carbonyl (C=O) groups is 1. The molecule has 0 aromatic heterocycles. The van der Waals surface area contributed by atoms with Gasteiger partial charge in [-0.2, -0.15) is 13.2 Å². The van der Waals surface area contributed by atoms with Crippen LogP contribution in [0.5, 0.6) is 5.75 Å². The molecule has 3 aromatic rings. The number of nitrogens with zero attached hydrogens (tertiary/aromatic N) is 1. The molecule has 202 valence electrons. The molecule has 0 aliphatic carbocycles. The summed E-state index contributed by atoms with van der Waals surface area (Å²) in [4.78, 5) is 11.2. The number of ether oxygens (including phenoxy) is 1. The fourth-order valence-corrected chi connectivity index (χ4v) is 6.08. The summed E-state index contributed by atoms with van der Waals surface area (Å²) >= 11 is 6.49. The lowest BCUT2D eigenvalue weighted by Gasteiger charge is -2.38. The van der Waals surface area contributed by atoms with Crippen LogP contribution in [0.15, 0.2) is 65.6 Å². The second-order valence-electron chi connectivity index (χ2n) is 9.81. The van der Waals surface area contributed by atoms with Gasteiger partial charge in [0.1, 0.15) is 11.9 Å². The van der Waals surface area contributed by atoms with Crippen LogP contribution >= 0.6 is 11.6 Å². The standard InChI is InChI=1S/C27H25ClF3NO5S/c1-16-6-4-9-21(24(16)28)17-10-11-23-22(12-17)32(15-19(37-23)14-26(2,3)25(33)34)38(35,36)20-8-5-7-18(13-20)27(29,30)31/h4-13,19H,14-15H2,1-3H3,(H,33,34). The van der Waals surface area contributed by atoms with Gasteiger partial charge in [0, 0.05) is 12.0 Å². The van der Waals surface area contributed by atoms with Crippen LogP contribution < -0.4 is 9.04 Å². The number of carboxylic acid groups (broad SMARTS) is 1. The molecule has 0 saturated carbocycles. The van der Waals surface area contributed by atoms with Crippen LogP contribution in [0.2, 0.25) is 5.02 Å². The van der Waals surface area contributed by atoms with Gasteiger partial charge in [-0.05, 0) is 62.2 Å². The topological polar surface area (TPSA) is 83.9 Å². The minimum absolute atomic E-state index is 0.0398. The normalized spacial score (nSPS) is 16.1. The van der Waals surface area contributed by atoms with Gasteiger partial charge >= 0.3 is 12.1 Å². The summed E-state index contributed by atoms with van der Waals surface area (Å²) in [5.74, 6) is -0.936. The summed E-state index contributed by atoms with van der Waals surface area (Å²) in [6.07, 6.45) is -5.65. The van der Waals surface area contributed by atoms with Gasteiger partial charge in [-0.25, -0.2) is 8.42 Å². The first-order chi connectivity index (χ1) is 17.6. The average Bonchev–Trinajstić information content (AvgIpc) is 2.84. The Kier molecular flexibility index (Phi) is 7.18. The zero-order valence-electron chi connectivity index (χ0n) is 20.7. The first-order valence-corrected chi connectivity index (χ1v) is 13.4. The maximum absolute atomic E-state index is 13.8. The first-order valence-electron chi connectivity index (χ1n) is 11.6. The Balaban J connectivity index is 1.86. The molecule has 1 aliphatic rings. The minimum atomic E-state index is -4.74. The lowest BCUT2D eigenvalue weighted by atomic mass is 9.86. The van der Waals surface area contributed by atoms with E-state index in [9.17, 15) is 31.5 Å². The molecule has 3 aromatic carbocycles. The van der Waals surface area contributed by atoms with Crippen molar-refractivity contribution < 1.29 is 36.2 Å². The number of hydrogen-bond donors (Lipinski definition) is 1. The minimum Gasteiger partial charge on any atom is -0.486 e. The SMILES string of the molecule is Cc1cccc(-c2ccc3c(c2)N(S(=O)(=O)c2cccc(C(F)(F)F)c2)CC(CC(C)(C)C(=O)O)O3)c1Cl. The molecular formula is C27H25ClF3NO5S. The number of rotatable bonds is 6. The molecule has 0 saturated heterocycles. The molecule has 0 amide bonds. The lowest BCUT2D eigenvalue weighted by molar-refractivity contribution is -0.148. The molecule has 0 fully saturated rings. The Morgan fingerprint density at radius 1 is 1.11 bits per heavy atom. The number of anilines is 1. The summed E-state index contributed by atoms with van der Waals surface area (Å²) in [7, 11) is -4.51. The summed E-state index contributed by atoms with van der Waals surface area (Å²) in [6.45, 7) is 4.51. The van der Waals surface area contributed by atoms with E-state index in [1.165, 1.54) is 13.8 Å². The van der Waals surface area contributed by atoms with E-state index in [0.717, 1.165) is 28.1 Å². The molecule has 11 heteroatoms. The highest BCUT2D eigenvalue weighted by Crippen LogP contribution is 2.43. The van der Waals surface area contributed by atoms with E-state index in [1.54, 1.807) is 30.3 Å². The van der Waals surface area contributed by atoms with E-state index < -0.39 is 44.1 Å². The van der Waals surface area contributed by atoms with Gasteiger partial charge in [0.25, 0.3) is 10.0 Å². The van der Waals surface area contributed by atoms with Crippen molar-refractivity contribution in [2.24, 2.45) is 5.41 Å². The smallest absolute Gasteiger partial charge is 0.416 e. The molecular weight excluding hydrogens is 543 g/mol. The fourth-order valence-electron chi connectivity index (χ4n) is 4.30. The van der Waals surface area contributed by atoms with E-state index in [0.29, 0.717) is 22.2 Å². The average molecular weight is 568 g/mol. The van der Waals surface area contributed by atoms with Crippen molar-refractivity contribution in [3.63, 3.8) is 0 Å². The van der Waals surface area contributed by atoms with E-state index in [4.69, 9.17) is 16.3 Å². The molecule has 1 aliphatic heterocycles. The molecule has 6 nitrogen and oxygen atoms in total. The molecule has 1 unspecified atom stereocenters. The first kappa shape index (κ1) is 27.8. The van der Waals surface area contributed by atoms with Crippen LogP contribution in [0.1, 0.15) is 31.4 Å². The second kappa shape index (κ2) is 9.81. The van der Waals surface area contributed by atoms with E-state index in [-0.39, 0.29) is 24.4 Å². The molecule has 1 atom stereocenters. The van der Waals surface area contributed by atoms with Crippen LogP contribution in [0, 0.1) is 12.3 Å². The fraction of sp³-hybridized carbons (Fsp3) is 0.296. The van der Waals surface area contributed by atoms with Gasteiger partial charge in [0.05, 0.1) is 33.1 Å². The second-order valence-corrected chi connectivity index (χ2v) is 12.1. The lowest BCUT2D eigenvalue weighted by Crippen LogP contribution is -2.46. The number of halogens is 4. The molecule has 1 heterocycles. The maximum atomic E-state index is 13.8. The highest BCUT2D eigenvalue weighted by Gasteiger charge is 2.40. The van der Waals surface area contributed by atoms with Crippen LogP contribution in [0.4, 0.5) is 18.9 Å². The van der Waals surface area contributed by atoms with Gasteiger partial charge < -0.3 is 9.84 Å². The summed E-state index contributed by atoms with van der Waals surface area (Å²) in [5.41, 5.74) is -0.210. The number of hydrogen-bond acceptors (Lipinski definition) is 4. The number of sulfonamides is 1. The Hall–Kier alpha value is -3.24. The summed E-state index contributed by atoms with van der Waals surface area (Å²) in [6, 6.07) is 13.7. The van der Waals surface area contributed by atoms with Gasteiger partial charge in [-0.3, -0.25) is 9.10 Å². The largest absolute Gasteiger partial charge is 0.486 e. The molecule has 4 rings (SSSR count). The highest BCUT2D eigenvalue weighted by atomic mass is 35.5. The highest BCUT2D eigenvalue weighted by molar-refractivity contribution is 7.92. The Bertz CT molecular complexity index is 1500. The quantitative estimate of drug-likeness (QED) is 0.354. The van der Waals surface area contributed by atoms with Crippen molar-refractivity contribution in [1.29, 1.82) is 0 Å². The van der Waals surface area contributed by atoms with Gasteiger partial charge in [-0.1, -0.05) is 41.9 Å². The molecule has 1 N–H and O–H groups in total. The van der Waals surface area contributed by atoms with Crippen molar-refractivity contribution in [3.05, 3.63) is 76.8 Å². The predicted molar refractivity (Wildman–Crippen MR) is 138 cm³/mol. The van der Waals surface area contributed by atoms with Gasteiger partial charge in [-0.15, -0.1) is 0 Å². The summed E-state index contributed by atoms with van der Waals surface area (Å²) < 4.78 is 74.7.